The van der Waals surface area contributed by atoms with Crippen molar-refractivity contribution in [2.45, 2.75) is 53.5 Å². The molecular weight excluding hydrogens is 242 g/mol. The van der Waals surface area contributed by atoms with E-state index in [2.05, 4.69) is 51.2 Å². The molecule has 1 N–H and O–H groups in total. The summed E-state index contributed by atoms with van der Waals surface area (Å²) in [6, 6.07) is 6.81. The molecule has 0 heterocycles. The second kappa shape index (κ2) is 6.58. The quantitative estimate of drug-likeness (QED) is 0.780. The minimum Gasteiger partial charge on any atom is -0.310 e. The second-order valence-corrected chi connectivity index (χ2v) is 6.69. The largest absolute Gasteiger partial charge is 0.310 e. The molecule has 0 amide bonds. The fourth-order valence-corrected chi connectivity index (χ4v) is 2.25. The average Bonchev–Trinajstić information content (AvgIpc) is 2.26. The number of nitrogens with one attached hydrogen (secondary N) is 1. The van der Waals surface area contributed by atoms with Crippen LogP contribution in [-0.4, -0.2) is 6.54 Å². The van der Waals surface area contributed by atoms with Crippen molar-refractivity contribution in [3.05, 3.63) is 34.3 Å². The van der Waals surface area contributed by atoms with Gasteiger partial charge in [0.15, 0.2) is 0 Å². The van der Waals surface area contributed by atoms with Crippen molar-refractivity contribution >= 4 is 11.6 Å². The van der Waals surface area contributed by atoms with Crippen LogP contribution < -0.4 is 5.32 Å². The summed E-state index contributed by atoms with van der Waals surface area (Å²) in [6.07, 6.45) is 2.27. The van der Waals surface area contributed by atoms with Crippen molar-refractivity contribution in [2.75, 3.05) is 6.54 Å². The van der Waals surface area contributed by atoms with Gasteiger partial charge in [-0.05, 0) is 48.9 Å². The monoisotopic (exact) mass is 267 g/mol. The molecule has 0 saturated carbocycles. The highest BCUT2D eigenvalue weighted by atomic mass is 35.5. The van der Waals surface area contributed by atoms with Gasteiger partial charge in [0.05, 0.1) is 0 Å². The average molecular weight is 268 g/mol. The van der Waals surface area contributed by atoms with E-state index in [4.69, 9.17) is 11.6 Å². The fourth-order valence-electron chi connectivity index (χ4n) is 2.06. The molecule has 1 atom stereocenters. The molecule has 0 aliphatic heterocycles. The van der Waals surface area contributed by atoms with Gasteiger partial charge in [-0.15, -0.1) is 0 Å². The van der Waals surface area contributed by atoms with Crippen molar-refractivity contribution in [3.8, 4) is 0 Å². The van der Waals surface area contributed by atoms with E-state index in [0.29, 0.717) is 11.5 Å². The van der Waals surface area contributed by atoms with Crippen molar-refractivity contribution in [1.82, 2.24) is 5.32 Å². The third kappa shape index (κ3) is 4.99. The van der Waals surface area contributed by atoms with Gasteiger partial charge in [-0.1, -0.05) is 51.4 Å². The van der Waals surface area contributed by atoms with E-state index in [-0.39, 0.29) is 0 Å². The van der Waals surface area contributed by atoms with E-state index in [1.165, 1.54) is 5.56 Å². The maximum absolute atomic E-state index is 6.24. The van der Waals surface area contributed by atoms with Crippen LogP contribution in [0.4, 0.5) is 0 Å². The maximum atomic E-state index is 6.24. The number of rotatable bonds is 5. The highest BCUT2D eigenvalue weighted by Gasteiger charge is 2.20. The van der Waals surface area contributed by atoms with Crippen LogP contribution in [-0.2, 0) is 0 Å². The Kier molecular flexibility index (Phi) is 5.68. The van der Waals surface area contributed by atoms with Crippen LogP contribution in [0.5, 0.6) is 0 Å². The minimum atomic E-state index is 0.308. The van der Waals surface area contributed by atoms with Gasteiger partial charge in [0.2, 0.25) is 0 Å². The number of hydrogen-bond donors (Lipinski definition) is 1. The first-order valence-corrected chi connectivity index (χ1v) is 7.20. The van der Waals surface area contributed by atoms with E-state index in [9.17, 15) is 0 Å². The van der Waals surface area contributed by atoms with E-state index in [1.54, 1.807) is 0 Å². The predicted molar refractivity (Wildman–Crippen MR) is 81.3 cm³/mol. The van der Waals surface area contributed by atoms with Crippen molar-refractivity contribution < 1.29 is 0 Å². The minimum absolute atomic E-state index is 0.308. The first kappa shape index (κ1) is 15.5. The van der Waals surface area contributed by atoms with Gasteiger partial charge in [-0.25, -0.2) is 0 Å². The molecule has 0 saturated heterocycles. The molecule has 0 fully saturated rings. The van der Waals surface area contributed by atoms with Gasteiger partial charge in [0.25, 0.3) is 0 Å². The number of benzene rings is 1. The van der Waals surface area contributed by atoms with E-state index >= 15 is 0 Å². The van der Waals surface area contributed by atoms with Crippen LogP contribution in [0.25, 0.3) is 0 Å². The summed E-state index contributed by atoms with van der Waals surface area (Å²) < 4.78 is 0. The molecule has 0 spiro atoms. The highest BCUT2D eigenvalue weighted by Crippen LogP contribution is 2.31. The molecule has 0 radical (unpaired) electrons. The molecule has 0 aromatic heterocycles. The summed E-state index contributed by atoms with van der Waals surface area (Å²) in [7, 11) is 0. The number of aryl methyl sites for hydroxylation is 1. The third-order valence-electron chi connectivity index (χ3n) is 3.06. The molecule has 1 rings (SSSR count). The van der Waals surface area contributed by atoms with Crippen molar-refractivity contribution in [2.24, 2.45) is 5.41 Å². The topological polar surface area (TPSA) is 12.0 Å². The smallest absolute Gasteiger partial charge is 0.0438 e. The molecule has 1 aromatic rings. The lowest BCUT2D eigenvalue weighted by molar-refractivity contribution is 0.311. The molecule has 102 valence electrons. The Bertz CT molecular complexity index is 379. The summed E-state index contributed by atoms with van der Waals surface area (Å²) in [5, 5.41) is 4.50. The molecule has 0 aliphatic rings. The maximum Gasteiger partial charge on any atom is 0.0438 e. The first-order valence-electron chi connectivity index (χ1n) is 6.83. The SMILES string of the molecule is CCCNC(CC(C)(C)C)c1ccc(C)c(Cl)c1. The van der Waals surface area contributed by atoms with Gasteiger partial charge in [0.1, 0.15) is 0 Å². The lowest BCUT2D eigenvalue weighted by atomic mass is 9.85. The molecule has 0 aliphatic carbocycles. The van der Waals surface area contributed by atoms with Gasteiger partial charge in [0, 0.05) is 11.1 Å². The lowest BCUT2D eigenvalue weighted by Gasteiger charge is -2.27. The summed E-state index contributed by atoms with van der Waals surface area (Å²) >= 11 is 6.24. The fraction of sp³-hybridized carbons (Fsp3) is 0.625. The van der Waals surface area contributed by atoms with Crippen LogP contribution in [0.2, 0.25) is 5.02 Å². The first-order chi connectivity index (χ1) is 8.33. The molecule has 1 unspecified atom stereocenters. The Balaban J connectivity index is 2.90. The lowest BCUT2D eigenvalue weighted by Crippen LogP contribution is -2.26. The van der Waals surface area contributed by atoms with Crippen molar-refractivity contribution in [3.63, 3.8) is 0 Å². The summed E-state index contributed by atoms with van der Waals surface area (Å²) in [5.74, 6) is 0. The second-order valence-electron chi connectivity index (χ2n) is 6.28. The van der Waals surface area contributed by atoms with Gasteiger partial charge < -0.3 is 5.32 Å². The molecular formula is C16H26ClN. The Morgan fingerprint density at radius 2 is 1.94 bits per heavy atom. The zero-order valence-electron chi connectivity index (χ0n) is 12.3. The number of hydrogen-bond acceptors (Lipinski definition) is 1. The van der Waals surface area contributed by atoms with Gasteiger partial charge >= 0.3 is 0 Å². The van der Waals surface area contributed by atoms with E-state index in [0.717, 1.165) is 30.0 Å². The normalized spacial score (nSPS) is 13.7. The Labute approximate surface area is 117 Å². The zero-order chi connectivity index (χ0) is 13.8. The van der Waals surface area contributed by atoms with Gasteiger partial charge in [-0.3, -0.25) is 0 Å². The molecule has 2 heteroatoms. The molecule has 1 aromatic carbocycles. The van der Waals surface area contributed by atoms with E-state index < -0.39 is 0 Å². The summed E-state index contributed by atoms with van der Waals surface area (Å²) in [4.78, 5) is 0. The van der Waals surface area contributed by atoms with Crippen molar-refractivity contribution in [1.29, 1.82) is 0 Å². The Hall–Kier alpha value is -0.530. The predicted octanol–water partition coefficient (Wildman–Crippen LogP) is 5.13. The summed E-state index contributed by atoms with van der Waals surface area (Å²) in [5.41, 5.74) is 2.75. The zero-order valence-corrected chi connectivity index (χ0v) is 13.1. The Morgan fingerprint density at radius 3 is 2.44 bits per heavy atom. The van der Waals surface area contributed by atoms with Crippen LogP contribution in [0.3, 0.4) is 0 Å². The van der Waals surface area contributed by atoms with E-state index in [1.807, 2.05) is 6.92 Å². The molecule has 1 nitrogen and oxygen atoms in total. The van der Waals surface area contributed by atoms with Gasteiger partial charge in [-0.2, -0.15) is 0 Å². The highest BCUT2D eigenvalue weighted by molar-refractivity contribution is 6.31. The van der Waals surface area contributed by atoms with Crippen LogP contribution in [0.1, 0.15) is 57.7 Å². The van der Waals surface area contributed by atoms with Crippen LogP contribution in [0, 0.1) is 12.3 Å². The molecule has 18 heavy (non-hydrogen) atoms. The van der Waals surface area contributed by atoms with Crippen LogP contribution >= 0.6 is 11.6 Å². The summed E-state index contributed by atoms with van der Waals surface area (Å²) in [6.45, 7) is 12.1. The Morgan fingerprint density at radius 1 is 1.28 bits per heavy atom. The third-order valence-corrected chi connectivity index (χ3v) is 3.46. The van der Waals surface area contributed by atoms with Crippen LogP contribution in [0.15, 0.2) is 18.2 Å². The molecule has 0 bridgehead atoms. The number of halogens is 1. The standard InChI is InChI=1S/C16H26ClN/c1-6-9-18-15(11-16(3,4)5)13-8-7-12(2)14(17)10-13/h7-8,10,15,18H,6,9,11H2,1-5H3.